The molecule has 142 valence electrons. The highest BCUT2D eigenvalue weighted by atomic mass is 35.5. The van der Waals surface area contributed by atoms with Crippen molar-refractivity contribution >= 4 is 46.0 Å². The van der Waals surface area contributed by atoms with Gasteiger partial charge >= 0.3 is 0 Å². The van der Waals surface area contributed by atoms with Crippen LogP contribution in [0.4, 0.5) is 10.1 Å². The molecule has 4 nitrogen and oxygen atoms in total. The summed E-state index contributed by atoms with van der Waals surface area (Å²) < 4.78 is 14.8. The summed E-state index contributed by atoms with van der Waals surface area (Å²) in [5, 5.41) is 26.0. The van der Waals surface area contributed by atoms with E-state index in [-0.39, 0.29) is 22.9 Å². The molecule has 0 aliphatic carbocycles. The molecule has 2 aromatic carbocycles. The molecule has 7 heteroatoms. The summed E-state index contributed by atoms with van der Waals surface area (Å²) in [5.74, 6) is -0.838. The fourth-order valence-electron chi connectivity index (χ4n) is 2.58. The summed E-state index contributed by atoms with van der Waals surface area (Å²) >= 11 is 11.7. The molecular weight excluding hydrogens is 399 g/mol. The van der Waals surface area contributed by atoms with Gasteiger partial charge in [0.1, 0.15) is 5.82 Å². The maximum absolute atomic E-state index is 13.3. The number of thiocarbonyl (C=S) groups is 1. The Labute approximate surface area is 172 Å². The molecular formula is C21H16ClFN2O2S. The summed E-state index contributed by atoms with van der Waals surface area (Å²) in [6.45, 7) is -0.191. The predicted molar refractivity (Wildman–Crippen MR) is 110 cm³/mol. The number of pyridine rings is 1. The summed E-state index contributed by atoms with van der Waals surface area (Å²) in [7, 11) is 0. The molecule has 1 aromatic heterocycles. The van der Waals surface area contributed by atoms with E-state index in [0.29, 0.717) is 16.3 Å². The quantitative estimate of drug-likeness (QED) is 0.291. The number of aromatic nitrogens is 1. The zero-order chi connectivity index (χ0) is 20.1. The largest absolute Gasteiger partial charge is 0.867 e. The standard InChI is InChI=1S/C21H16ClFN2O2S/c22-17-5-1-2-6-18(17)24-21(28)19(25-11-3-4-14(12-25)13-26)20(27)15-7-9-16(23)10-8-15/h1-12,26H,13H2,(H-,24,27,28). The first-order valence-electron chi connectivity index (χ1n) is 8.34. The first-order valence-corrected chi connectivity index (χ1v) is 9.12. The van der Waals surface area contributed by atoms with Crippen molar-refractivity contribution in [2.24, 2.45) is 0 Å². The first-order chi connectivity index (χ1) is 13.5. The smallest absolute Gasteiger partial charge is 0.238 e. The van der Waals surface area contributed by atoms with E-state index in [1.807, 2.05) is 0 Å². The Morgan fingerprint density at radius 2 is 1.82 bits per heavy atom. The number of aliphatic hydroxyl groups is 1. The maximum atomic E-state index is 13.3. The van der Waals surface area contributed by atoms with E-state index >= 15 is 0 Å². The number of nitrogens with one attached hydrogen (secondary N) is 1. The molecule has 0 aliphatic rings. The van der Waals surface area contributed by atoms with Gasteiger partial charge in [-0.2, -0.15) is 4.57 Å². The Kier molecular flexibility index (Phi) is 6.36. The highest BCUT2D eigenvalue weighted by molar-refractivity contribution is 7.81. The first kappa shape index (κ1) is 19.9. The Morgan fingerprint density at radius 3 is 2.50 bits per heavy atom. The Hall–Kier alpha value is -2.80. The van der Waals surface area contributed by atoms with Crippen molar-refractivity contribution in [1.29, 1.82) is 0 Å². The number of nitrogens with zero attached hydrogens (tertiary/aromatic N) is 1. The number of aliphatic hydroxyl groups excluding tert-OH is 1. The van der Waals surface area contributed by atoms with Crippen molar-refractivity contribution in [3.05, 3.63) is 95.0 Å². The zero-order valence-electron chi connectivity index (χ0n) is 14.6. The normalized spacial score (nSPS) is 11.7. The van der Waals surface area contributed by atoms with Crippen molar-refractivity contribution < 1.29 is 19.2 Å². The minimum Gasteiger partial charge on any atom is -0.867 e. The molecule has 0 spiro atoms. The number of benzene rings is 2. The lowest BCUT2D eigenvalue weighted by molar-refractivity contribution is -0.578. The van der Waals surface area contributed by atoms with E-state index in [1.165, 1.54) is 28.8 Å². The van der Waals surface area contributed by atoms with Gasteiger partial charge in [-0.1, -0.05) is 48.1 Å². The second-order valence-corrected chi connectivity index (χ2v) is 6.71. The number of anilines is 1. The lowest BCUT2D eigenvalue weighted by Gasteiger charge is -2.17. The van der Waals surface area contributed by atoms with Crippen LogP contribution in [0.5, 0.6) is 0 Å². The van der Waals surface area contributed by atoms with Crippen LogP contribution in [0.1, 0.15) is 11.1 Å². The molecule has 2 N–H and O–H groups in total. The van der Waals surface area contributed by atoms with Crippen LogP contribution in [-0.4, -0.2) is 10.1 Å². The third kappa shape index (κ3) is 4.54. The number of hydrogen-bond donors (Lipinski definition) is 2. The fraction of sp³-hybridized carbons (Fsp3) is 0.0476. The van der Waals surface area contributed by atoms with Crippen LogP contribution in [0.2, 0.25) is 5.02 Å². The van der Waals surface area contributed by atoms with E-state index in [4.69, 9.17) is 23.8 Å². The van der Waals surface area contributed by atoms with Gasteiger partial charge in [0.15, 0.2) is 17.4 Å². The molecule has 3 rings (SSSR count). The molecule has 28 heavy (non-hydrogen) atoms. The topological polar surface area (TPSA) is 59.2 Å². The van der Waals surface area contributed by atoms with E-state index in [2.05, 4.69) is 5.32 Å². The van der Waals surface area contributed by atoms with Crippen molar-refractivity contribution in [2.75, 3.05) is 5.32 Å². The monoisotopic (exact) mass is 414 g/mol. The minimum absolute atomic E-state index is 0.141. The summed E-state index contributed by atoms with van der Waals surface area (Å²) in [5.41, 5.74) is 1.59. The summed E-state index contributed by atoms with van der Waals surface area (Å²) in [4.78, 5) is 0.141. The third-order valence-electron chi connectivity index (χ3n) is 3.96. The van der Waals surface area contributed by atoms with Gasteiger partial charge in [0.2, 0.25) is 5.70 Å². The van der Waals surface area contributed by atoms with Gasteiger partial charge in [-0.25, -0.2) is 4.39 Å². The van der Waals surface area contributed by atoms with Gasteiger partial charge in [0.25, 0.3) is 0 Å². The van der Waals surface area contributed by atoms with Crippen LogP contribution in [0.3, 0.4) is 0 Å². The summed E-state index contributed by atoms with van der Waals surface area (Å²) in [6.07, 6.45) is 3.26. The third-order valence-corrected chi connectivity index (χ3v) is 4.59. The highest BCUT2D eigenvalue weighted by Gasteiger charge is 2.20. The van der Waals surface area contributed by atoms with Crippen LogP contribution < -0.4 is 15.0 Å². The zero-order valence-corrected chi connectivity index (χ0v) is 16.2. The van der Waals surface area contributed by atoms with Crippen molar-refractivity contribution in [1.82, 2.24) is 0 Å². The van der Waals surface area contributed by atoms with Crippen molar-refractivity contribution in [2.45, 2.75) is 6.61 Å². The molecule has 0 unspecified atom stereocenters. The van der Waals surface area contributed by atoms with Gasteiger partial charge in [0, 0.05) is 11.6 Å². The predicted octanol–water partition coefficient (Wildman–Crippen LogP) is 3.38. The SMILES string of the molecule is [O-]C(=C(C(=S)Nc1ccccc1Cl)[n+]1cccc(CO)c1)c1ccc(F)cc1. The molecule has 0 saturated carbocycles. The van der Waals surface area contributed by atoms with Crippen LogP contribution in [0.25, 0.3) is 11.5 Å². The van der Waals surface area contributed by atoms with Gasteiger partial charge in [0.05, 0.1) is 17.3 Å². The second kappa shape index (κ2) is 8.93. The molecule has 0 bridgehead atoms. The van der Waals surface area contributed by atoms with Gasteiger partial charge in [-0.3, -0.25) is 0 Å². The molecule has 0 atom stereocenters. The Balaban J connectivity index is 2.10. The van der Waals surface area contributed by atoms with E-state index in [9.17, 15) is 14.6 Å². The molecule has 0 fully saturated rings. The number of halogens is 2. The Morgan fingerprint density at radius 1 is 1.11 bits per heavy atom. The molecule has 0 aliphatic heterocycles. The second-order valence-electron chi connectivity index (χ2n) is 5.90. The lowest BCUT2D eigenvalue weighted by Crippen LogP contribution is -2.40. The highest BCUT2D eigenvalue weighted by Crippen LogP contribution is 2.23. The van der Waals surface area contributed by atoms with Crippen LogP contribution in [0.15, 0.2) is 73.1 Å². The van der Waals surface area contributed by atoms with E-state index in [0.717, 1.165) is 0 Å². The molecule has 1 heterocycles. The Bertz CT molecular complexity index is 1040. The van der Waals surface area contributed by atoms with Crippen LogP contribution in [0, 0.1) is 5.82 Å². The molecule has 0 amide bonds. The maximum Gasteiger partial charge on any atom is 0.238 e. The molecule has 0 radical (unpaired) electrons. The number of hydrogen-bond acceptors (Lipinski definition) is 3. The van der Waals surface area contributed by atoms with E-state index in [1.54, 1.807) is 48.8 Å². The average Bonchev–Trinajstić information content (AvgIpc) is 2.70. The molecule has 3 aromatic rings. The number of rotatable bonds is 5. The fourth-order valence-corrected chi connectivity index (χ4v) is 3.07. The summed E-state index contributed by atoms with van der Waals surface area (Å²) in [6, 6.07) is 15.6. The van der Waals surface area contributed by atoms with Gasteiger partial charge < -0.3 is 15.5 Å². The molecule has 0 saturated heterocycles. The van der Waals surface area contributed by atoms with Gasteiger partial charge in [-0.05, 0) is 41.7 Å². The minimum atomic E-state index is -0.440. The number of para-hydroxylation sites is 1. The van der Waals surface area contributed by atoms with Gasteiger partial charge in [-0.15, -0.1) is 0 Å². The van der Waals surface area contributed by atoms with Crippen LogP contribution in [-0.2, 0) is 6.61 Å². The lowest BCUT2D eigenvalue weighted by atomic mass is 10.1. The van der Waals surface area contributed by atoms with Crippen molar-refractivity contribution in [3.63, 3.8) is 0 Å². The van der Waals surface area contributed by atoms with Crippen molar-refractivity contribution in [3.8, 4) is 0 Å². The average molecular weight is 415 g/mol. The van der Waals surface area contributed by atoms with E-state index < -0.39 is 11.6 Å². The van der Waals surface area contributed by atoms with Crippen LogP contribution >= 0.6 is 23.8 Å².